The molecular weight excluding hydrogens is 368 g/mol. The first-order valence-corrected chi connectivity index (χ1v) is 8.00. The summed E-state index contributed by atoms with van der Waals surface area (Å²) >= 11 is 2.85. The lowest BCUT2D eigenvalue weighted by Crippen LogP contribution is -2.25. The van der Waals surface area contributed by atoms with E-state index in [1.54, 1.807) is 6.92 Å². The fraction of sp³-hybridized carbons (Fsp3) is 0.167. The number of aryl methyl sites for hydroxylation is 1. The average molecular weight is 378 g/mol. The van der Waals surface area contributed by atoms with E-state index in [0.29, 0.717) is 17.6 Å². The lowest BCUT2D eigenvalue weighted by molar-refractivity contribution is 0.540. The zero-order chi connectivity index (χ0) is 15.6. The van der Waals surface area contributed by atoms with E-state index in [4.69, 9.17) is 0 Å². The Morgan fingerprint density at radius 2 is 2.05 bits per heavy atom. The van der Waals surface area contributed by atoms with Crippen LogP contribution in [-0.2, 0) is 16.6 Å². The van der Waals surface area contributed by atoms with Crippen molar-refractivity contribution in [2.24, 2.45) is 0 Å². The summed E-state index contributed by atoms with van der Waals surface area (Å²) in [5, 5.41) is 0. The van der Waals surface area contributed by atoms with Gasteiger partial charge in [0.05, 0.1) is 12.2 Å². The van der Waals surface area contributed by atoms with Crippen molar-refractivity contribution < 1.29 is 17.2 Å². The number of hydrogen-bond acceptors (Lipinski definition) is 4. The Hall–Kier alpha value is -1.45. The first-order chi connectivity index (χ1) is 9.79. The Balaban J connectivity index is 2.27. The molecule has 0 saturated heterocycles. The number of nitrogens with zero attached hydrogens (tertiary/aromatic N) is 2. The highest BCUT2D eigenvalue weighted by molar-refractivity contribution is 9.10. The first kappa shape index (κ1) is 15.9. The lowest BCUT2D eigenvalue weighted by atomic mass is 10.3. The van der Waals surface area contributed by atoms with Crippen LogP contribution in [0.5, 0.6) is 0 Å². The van der Waals surface area contributed by atoms with Crippen LogP contribution in [0.1, 0.15) is 11.5 Å². The zero-order valence-corrected chi connectivity index (χ0v) is 13.2. The van der Waals surface area contributed by atoms with Crippen molar-refractivity contribution in [2.75, 3.05) is 0 Å². The molecular formula is C12H10BrF2N3O2S. The summed E-state index contributed by atoms with van der Waals surface area (Å²) in [6, 6.07) is 2.92. The Bertz CT molecular complexity index is 761. The van der Waals surface area contributed by atoms with E-state index in [2.05, 4.69) is 30.6 Å². The van der Waals surface area contributed by atoms with Crippen molar-refractivity contribution in [3.05, 3.63) is 52.0 Å². The van der Waals surface area contributed by atoms with Crippen molar-refractivity contribution >= 4 is 26.0 Å². The van der Waals surface area contributed by atoms with E-state index < -0.39 is 26.6 Å². The molecule has 1 aromatic heterocycles. The third kappa shape index (κ3) is 3.80. The Labute approximate surface area is 128 Å². The maximum absolute atomic E-state index is 13.7. The summed E-state index contributed by atoms with van der Waals surface area (Å²) in [4.78, 5) is 7.26. The van der Waals surface area contributed by atoms with Gasteiger partial charge in [-0.3, -0.25) is 0 Å². The van der Waals surface area contributed by atoms with Crippen molar-refractivity contribution in [3.63, 3.8) is 0 Å². The third-order valence-electron chi connectivity index (χ3n) is 2.51. The normalized spacial score (nSPS) is 11.6. The SMILES string of the molecule is Cc1nccc(CNS(=O)(=O)c2c(F)cc(F)cc2Br)n1. The highest BCUT2D eigenvalue weighted by Crippen LogP contribution is 2.26. The van der Waals surface area contributed by atoms with Gasteiger partial charge >= 0.3 is 0 Å². The fourth-order valence-corrected chi connectivity index (χ4v) is 3.79. The number of nitrogens with one attached hydrogen (secondary N) is 1. The minimum absolute atomic E-state index is 0.130. The second-order valence-electron chi connectivity index (χ2n) is 4.12. The van der Waals surface area contributed by atoms with Gasteiger partial charge in [0, 0.05) is 16.7 Å². The second kappa shape index (κ2) is 6.12. The summed E-state index contributed by atoms with van der Waals surface area (Å²) in [6.45, 7) is 1.53. The van der Waals surface area contributed by atoms with Crippen LogP contribution >= 0.6 is 15.9 Å². The van der Waals surface area contributed by atoms with Crippen LogP contribution in [0, 0.1) is 18.6 Å². The van der Waals surface area contributed by atoms with Crippen LogP contribution < -0.4 is 4.72 Å². The number of aromatic nitrogens is 2. The highest BCUT2D eigenvalue weighted by atomic mass is 79.9. The molecule has 21 heavy (non-hydrogen) atoms. The quantitative estimate of drug-likeness (QED) is 0.887. The molecule has 112 valence electrons. The molecule has 2 rings (SSSR count). The Morgan fingerprint density at radius 1 is 1.33 bits per heavy atom. The van der Waals surface area contributed by atoms with Gasteiger partial charge in [0.15, 0.2) is 0 Å². The van der Waals surface area contributed by atoms with E-state index in [-0.39, 0.29) is 11.0 Å². The van der Waals surface area contributed by atoms with Gasteiger partial charge in [0.2, 0.25) is 10.0 Å². The lowest BCUT2D eigenvalue weighted by Gasteiger charge is -2.09. The molecule has 0 atom stereocenters. The molecule has 2 aromatic rings. The van der Waals surface area contributed by atoms with E-state index in [1.807, 2.05) is 0 Å². The molecule has 0 amide bonds. The van der Waals surface area contributed by atoms with Gasteiger partial charge in [0.1, 0.15) is 22.4 Å². The summed E-state index contributed by atoms with van der Waals surface area (Å²) in [7, 11) is -4.15. The number of hydrogen-bond donors (Lipinski definition) is 1. The molecule has 0 fully saturated rings. The molecule has 0 saturated carbocycles. The molecule has 0 spiro atoms. The highest BCUT2D eigenvalue weighted by Gasteiger charge is 2.23. The van der Waals surface area contributed by atoms with Gasteiger partial charge in [-0.05, 0) is 35.0 Å². The minimum Gasteiger partial charge on any atom is -0.242 e. The average Bonchev–Trinajstić information content (AvgIpc) is 2.35. The van der Waals surface area contributed by atoms with Crippen molar-refractivity contribution in [1.29, 1.82) is 0 Å². The van der Waals surface area contributed by atoms with Crippen LogP contribution in [0.4, 0.5) is 8.78 Å². The second-order valence-corrected chi connectivity index (χ2v) is 6.68. The number of benzene rings is 1. The predicted molar refractivity (Wildman–Crippen MR) is 74.9 cm³/mol. The van der Waals surface area contributed by atoms with E-state index in [1.165, 1.54) is 12.3 Å². The van der Waals surface area contributed by atoms with Crippen molar-refractivity contribution in [2.45, 2.75) is 18.4 Å². The molecule has 0 aliphatic rings. The number of sulfonamides is 1. The summed E-state index contributed by atoms with van der Waals surface area (Å²) < 4.78 is 52.9. The first-order valence-electron chi connectivity index (χ1n) is 5.72. The van der Waals surface area contributed by atoms with Gasteiger partial charge in [-0.25, -0.2) is 31.9 Å². The standard InChI is InChI=1S/C12H10BrF2N3O2S/c1-7-16-3-2-9(18-7)6-17-21(19,20)12-10(13)4-8(14)5-11(12)15/h2-5,17H,6H2,1H3. The number of halogens is 3. The summed E-state index contributed by atoms with van der Waals surface area (Å²) in [5.41, 5.74) is 0.435. The fourth-order valence-electron chi connectivity index (χ4n) is 1.63. The molecule has 0 aliphatic carbocycles. The van der Waals surface area contributed by atoms with Gasteiger partial charge in [-0.1, -0.05) is 0 Å². The van der Waals surface area contributed by atoms with E-state index in [0.717, 1.165) is 6.07 Å². The Morgan fingerprint density at radius 3 is 2.67 bits per heavy atom. The van der Waals surface area contributed by atoms with Crippen LogP contribution in [0.15, 0.2) is 33.8 Å². The van der Waals surface area contributed by atoms with Gasteiger partial charge in [0.25, 0.3) is 0 Å². The van der Waals surface area contributed by atoms with Crippen molar-refractivity contribution in [1.82, 2.24) is 14.7 Å². The van der Waals surface area contributed by atoms with Crippen LogP contribution in [0.3, 0.4) is 0 Å². The zero-order valence-electron chi connectivity index (χ0n) is 10.8. The largest absolute Gasteiger partial charge is 0.244 e. The maximum atomic E-state index is 13.7. The molecule has 1 heterocycles. The third-order valence-corrected chi connectivity index (χ3v) is 4.87. The van der Waals surface area contributed by atoms with Crippen LogP contribution in [-0.4, -0.2) is 18.4 Å². The van der Waals surface area contributed by atoms with Gasteiger partial charge in [-0.2, -0.15) is 0 Å². The molecule has 9 heteroatoms. The number of rotatable bonds is 4. The molecule has 0 bridgehead atoms. The molecule has 1 N–H and O–H groups in total. The van der Waals surface area contributed by atoms with Gasteiger partial charge in [-0.15, -0.1) is 0 Å². The molecule has 1 aromatic carbocycles. The van der Waals surface area contributed by atoms with Crippen LogP contribution in [0.2, 0.25) is 0 Å². The predicted octanol–water partition coefficient (Wildman–Crippen LogP) is 2.30. The summed E-state index contributed by atoms with van der Waals surface area (Å²) in [6.07, 6.45) is 1.49. The Kier molecular flexibility index (Phi) is 4.64. The molecule has 0 aliphatic heterocycles. The molecule has 0 unspecified atom stereocenters. The smallest absolute Gasteiger partial charge is 0.242 e. The molecule has 0 radical (unpaired) electrons. The maximum Gasteiger partial charge on any atom is 0.244 e. The summed E-state index contributed by atoms with van der Waals surface area (Å²) in [5.74, 6) is -1.56. The monoisotopic (exact) mass is 377 g/mol. The van der Waals surface area contributed by atoms with Crippen LogP contribution in [0.25, 0.3) is 0 Å². The van der Waals surface area contributed by atoms with Gasteiger partial charge < -0.3 is 0 Å². The van der Waals surface area contributed by atoms with E-state index >= 15 is 0 Å². The van der Waals surface area contributed by atoms with E-state index in [9.17, 15) is 17.2 Å². The minimum atomic E-state index is -4.15. The topological polar surface area (TPSA) is 72.0 Å². The molecule has 5 nitrogen and oxygen atoms in total. The van der Waals surface area contributed by atoms with Crippen molar-refractivity contribution in [3.8, 4) is 0 Å².